The van der Waals surface area contributed by atoms with Crippen molar-refractivity contribution in [3.8, 4) is 5.69 Å². The number of primary amides is 1. The van der Waals surface area contributed by atoms with Gasteiger partial charge in [0.2, 0.25) is 5.91 Å². The summed E-state index contributed by atoms with van der Waals surface area (Å²) in [6, 6.07) is 24.5. The summed E-state index contributed by atoms with van der Waals surface area (Å²) in [6.07, 6.45) is 3.35. The summed E-state index contributed by atoms with van der Waals surface area (Å²) in [4.78, 5) is 32.5. The molecule has 1 aliphatic rings. The van der Waals surface area contributed by atoms with E-state index in [4.69, 9.17) is 5.73 Å². The van der Waals surface area contributed by atoms with Crippen LogP contribution in [-0.2, 0) is 4.79 Å². The minimum absolute atomic E-state index is 0.0739. The van der Waals surface area contributed by atoms with Crippen LogP contribution in [0.5, 0.6) is 0 Å². The molecule has 1 aliphatic heterocycles. The number of benzene rings is 3. The Kier molecular flexibility index (Phi) is 5.72. The molecule has 2 aromatic heterocycles. The van der Waals surface area contributed by atoms with Gasteiger partial charge in [0.05, 0.1) is 34.7 Å². The number of nitrogens with two attached hydrogens (primary N) is 1. The van der Waals surface area contributed by atoms with Crippen LogP contribution in [-0.4, -0.2) is 26.6 Å². The van der Waals surface area contributed by atoms with E-state index in [1.807, 2.05) is 55.5 Å². The van der Waals surface area contributed by atoms with Crippen LogP contribution >= 0.6 is 0 Å². The quantitative estimate of drug-likeness (QED) is 0.357. The van der Waals surface area contributed by atoms with E-state index in [1.54, 1.807) is 46.2 Å². The van der Waals surface area contributed by atoms with Crippen molar-refractivity contribution >= 4 is 28.4 Å². The molecule has 3 heterocycles. The van der Waals surface area contributed by atoms with Crippen molar-refractivity contribution in [1.29, 1.82) is 0 Å². The number of nitrogens with zero attached hydrogens (tertiary/aromatic N) is 4. The summed E-state index contributed by atoms with van der Waals surface area (Å²) in [7, 11) is 0. The lowest BCUT2D eigenvalue weighted by atomic mass is 9.83. The van der Waals surface area contributed by atoms with Crippen molar-refractivity contribution in [1.82, 2.24) is 14.8 Å². The van der Waals surface area contributed by atoms with E-state index in [0.29, 0.717) is 16.9 Å². The van der Waals surface area contributed by atoms with Gasteiger partial charge >= 0.3 is 0 Å². The summed E-state index contributed by atoms with van der Waals surface area (Å²) in [6.45, 7) is 1.87. The molecule has 1 fully saturated rings. The minimum Gasteiger partial charge on any atom is -0.366 e. The number of anilines is 1. The average Bonchev–Trinajstić information content (AvgIpc) is 3.47. The Bertz CT molecular complexity index is 1670. The van der Waals surface area contributed by atoms with Crippen LogP contribution in [0, 0.1) is 11.7 Å². The number of carbonyl (C=O) groups is 2. The van der Waals surface area contributed by atoms with E-state index >= 15 is 0 Å². The molecule has 2 N–H and O–H groups in total. The Labute approximate surface area is 218 Å². The number of amides is 2. The zero-order valence-electron chi connectivity index (χ0n) is 20.5. The largest absolute Gasteiger partial charge is 0.366 e. The van der Waals surface area contributed by atoms with Gasteiger partial charge in [-0.1, -0.05) is 37.3 Å². The molecule has 7 nitrogen and oxygen atoms in total. The van der Waals surface area contributed by atoms with E-state index in [-0.39, 0.29) is 11.7 Å². The normalized spacial score (nSPS) is 19.3. The summed E-state index contributed by atoms with van der Waals surface area (Å²) in [5.41, 5.74) is 9.74. The highest BCUT2D eigenvalue weighted by molar-refractivity contribution is 6.02. The smallest absolute Gasteiger partial charge is 0.250 e. The van der Waals surface area contributed by atoms with Gasteiger partial charge in [0.1, 0.15) is 5.82 Å². The zero-order chi connectivity index (χ0) is 26.4. The monoisotopic (exact) mass is 505 g/mol. The lowest BCUT2D eigenvalue weighted by molar-refractivity contribution is -0.120. The van der Waals surface area contributed by atoms with Gasteiger partial charge in [-0.25, -0.2) is 9.07 Å². The molecule has 0 aliphatic carbocycles. The molecule has 2 amide bonds. The van der Waals surface area contributed by atoms with E-state index in [0.717, 1.165) is 22.2 Å². The lowest BCUT2D eigenvalue weighted by Crippen LogP contribution is -2.29. The number of aromatic nitrogens is 3. The van der Waals surface area contributed by atoms with Crippen molar-refractivity contribution in [2.75, 3.05) is 4.90 Å². The number of rotatable bonds is 5. The first kappa shape index (κ1) is 23.5. The molecule has 0 spiro atoms. The fourth-order valence-electron chi connectivity index (χ4n) is 5.47. The first-order chi connectivity index (χ1) is 18.4. The van der Waals surface area contributed by atoms with Crippen molar-refractivity contribution in [3.63, 3.8) is 0 Å². The maximum Gasteiger partial charge on any atom is 0.250 e. The molecule has 3 atom stereocenters. The zero-order valence-corrected chi connectivity index (χ0v) is 20.5. The van der Waals surface area contributed by atoms with Gasteiger partial charge in [-0.05, 0) is 60.2 Å². The Morgan fingerprint density at radius 3 is 2.42 bits per heavy atom. The maximum atomic E-state index is 13.9. The third-order valence-electron chi connectivity index (χ3n) is 7.25. The molecular formula is C30H24FN5O2. The Hall–Kier alpha value is -4.85. The van der Waals surface area contributed by atoms with E-state index in [2.05, 4.69) is 10.1 Å². The molecule has 8 heteroatoms. The third kappa shape index (κ3) is 3.82. The summed E-state index contributed by atoms with van der Waals surface area (Å²) >= 11 is 0. The first-order valence-electron chi connectivity index (χ1n) is 12.3. The van der Waals surface area contributed by atoms with Crippen LogP contribution in [0.25, 0.3) is 16.6 Å². The van der Waals surface area contributed by atoms with Gasteiger partial charge < -0.3 is 10.6 Å². The van der Waals surface area contributed by atoms with Crippen LogP contribution < -0.4 is 10.6 Å². The van der Waals surface area contributed by atoms with Gasteiger partial charge in [-0.15, -0.1) is 0 Å². The number of hydrogen-bond acceptors (Lipinski definition) is 4. The van der Waals surface area contributed by atoms with Crippen LogP contribution in [0.4, 0.5) is 10.1 Å². The molecule has 188 valence electrons. The summed E-state index contributed by atoms with van der Waals surface area (Å²) in [5, 5.41) is 5.33. The number of fused-ring (bicyclic) bond motifs is 1. The Balaban J connectivity index is 1.48. The van der Waals surface area contributed by atoms with Crippen LogP contribution in [0.15, 0.2) is 97.3 Å². The maximum absolute atomic E-state index is 13.9. The van der Waals surface area contributed by atoms with Gasteiger partial charge in [-0.3, -0.25) is 14.6 Å². The molecule has 0 saturated carbocycles. The van der Waals surface area contributed by atoms with Crippen molar-refractivity contribution in [2.45, 2.75) is 18.9 Å². The molecule has 0 bridgehead atoms. The highest BCUT2D eigenvalue weighted by Crippen LogP contribution is 2.50. The fraction of sp³-hybridized carbons (Fsp3) is 0.133. The van der Waals surface area contributed by atoms with Gasteiger partial charge in [0.25, 0.3) is 5.91 Å². The fourth-order valence-corrected chi connectivity index (χ4v) is 5.47. The van der Waals surface area contributed by atoms with Crippen LogP contribution in [0.1, 0.15) is 40.5 Å². The highest BCUT2D eigenvalue weighted by Gasteiger charge is 2.49. The SMILES string of the molecule is CC1C(=O)N(c2ccc3c(cnn3-c3ccc(F)cc3)c2)C(c2ccccc2)C1c1ncccc1C(N)=O. The van der Waals surface area contributed by atoms with E-state index in [9.17, 15) is 14.0 Å². The van der Waals surface area contributed by atoms with Gasteiger partial charge in [-0.2, -0.15) is 5.10 Å². The second-order valence-electron chi connectivity index (χ2n) is 9.45. The molecule has 3 aromatic carbocycles. The Morgan fingerprint density at radius 2 is 1.68 bits per heavy atom. The van der Waals surface area contributed by atoms with Crippen LogP contribution in [0.2, 0.25) is 0 Å². The third-order valence-corrected chi connectivity index (χ3v) is 7.25. The van der Waals surface area contributed by atoms with Crippen molar-refractivity contribution in [2.24, 2.45) is 11.7 Å². The van der Waals surface area contributed by atoms with Gasteiger partial charge in [0.15, 0.2) is 0 Å². The first-order valence-corrected chi connectivity index (χ1v) is 12.3. The van der Waals surface area contributed by atoms with Crippen LogP contribution in [0.3, 0.4) is 0 Å². The summed E-state index contributed by atoms with van der Waals surface area (Å²) < 4.78 is 15.2. The van der Waals surface area contributed by atoms with E-state index in [1.165, 1.54) is 12.1 Å². The standard InChI is InChI=1S/C30H24FN5O2/c1-18-26(27-24(29(32)37)8-5-15-33-27)28(19-6-3-2-4-7-19)35(30(18)38)23-13-14-25-20(16-23)17-34-36(25)22-11-9-21(31)10-12-22/h2-18,26,28H,1H3,(H2,32,37). The average molecular weight is 506 g/mol. The Morgan fingerprint density at radius 1 is 0.947 bits per heavy atom. The topological polar surface area (TPSA) is 94.1 Å². The molecule has 1 saturated heterocycles. The lowest BCUT2D eigenvalue weighted by Gasteiger charge is -2.29. The van der Waals surface area contributed by atoms with Crippen molar-refractivity contribution in [3.05, 3.63) is 120 Å². The predicted molar refractivity (Wildman–Crippen MR) is 142 cm³/mol. The molecule has 0 radical (unpaired) electrons. The second-order valence-corrected chi connectivity index (χ2v) is 9.45. The minimum atomic E-state index is -0.576. The number of hydrogen-bond donors (Lipinski definition) is 1. The summed E-state index contributed by atoms with van der Waals surface area (Å²) in [5.74, 6) is -1.82. The molecule has 3 unspecified atom stereocenters. The number of carbonyl (C=O) groups excluding carboxylic acids is 2. The second kappa shape index (κ2) is 9.23. The van der Waals surface area contributed by atoms with Crippen molar-refractivity contribution < 1.29 is 14.0 Å². The number of halogens is 1. The molecule has 38 heavy (non-hydrogen) atoms. The van der Waals surface area contributed by atoms with E-state index < -0.39 is 23.8 Å². The molecular weight excluding hydrogens is 481 g/mol. The van der Waals surface area contributed by atoms with Gasteiger partial charge in [0, 0.05) is 29.1 Å². The molecule has 5 aromatic rings. The molecule has 6 rings (SSSR count). The highest BCUT2D eigenvalue weighted by atomic mass is 19.1. The number of pyridine rings is 1. The predicted octanol–water partition coefficient (Wildman–Crippen LogP) is 5.17.